The zero-order chi connectivity index (χ0) is 16.8. The van der Waals surface area contributed by atoms with Crippen LogP contribution in [0.2, 0.25) is 5.02 Å². The lowest BCUT2D eigenvalue weighted by molar-refractivity contribution is 0.102. The summed E-state index contributed by atoms with van der Waals surface area (Å²) in [7, 11) is 0. The highest BCUT2D eigenvalue weighted by Gasteiger charge is 2.07. The molecule has 0 aliphatic rings. The van der Waals surface area contributed by atoms with Crippen molar-refractivity contribution in [1.82, 2.24) is 4.98 Å². The highest BCUT2D eigenvalue weighted by molar-refractivity contribution is 6.30. The molecule has 1 aromatic heterocycles. The summed E-state index contributed by atoms with van der Waals surface area (Å²) in [5, 5.41) is 3.42. The van der Waals surface area contributed by atoms with Crippen molar-refractivity contribution in [2.75, 3.05) is 5.32 Å². The first-order chi connectivity index (χ1) is 11.7. The van der Waals surface area contributed by atoms with Crippen LogP contribution in [0.15, 0.2) is 72.9 Å². The van der Waals surface area contributed by atoms with Crippen molar-refractivity contribution < 1.29 is 9.53 Å². The van der Waals surface area contributed by atoms with Crippen molar-refractivity contribution in [3.8, 4) is 5.75 Å². The number of benzene rings is 2. The Morgan fingerprint density at radius 2 is 1.88 bits per heavy atom. The van der Waals surface area contributed by atoms with Gasteiger partial charge in [-0.05, 0) is 54.1 Å². The predicted molar refractivity (Wildman–Crippen MR) is 94.4 cm³/mol. The van der Waals surface area contributed by atoms with Crippen molar-refractivity contribution in [2.45, 2.75) is 6.61 Å². The number of nitrogens with one attached hydrogen (secondary N) is 1. The molecule has 1 heterocycles. The number of carbonyl (C=O) groups excluding carboxylic acids is 1. The van der Waals surface area contributed by atoms with Gasteiger partial charge in [0.1, 0.15) is 18.2 Å². The van der Waals surface area contributed by atoms with E-state index in [1.165, 1.54) is 0 Å². The summed E-state index contributed by atoms with van der Waals surface area (Å²) >= 11 is 5.85. The molecule has 0 atom stereocenters. The summed E-state index contributed by atoms with van der Waals surface area (Å²) in [6, 6.07) is 19.8. The van der Waals surface area contributed by atoms with Gasteiger partial charge in [-0.3, -0.25) is 4.79 Å². The van der Waals surface area contributed by atoms with Gasteiger partial charge in [0.15, 0.2) is 0 Å². The first-order valence-corrected chi connectivity index (χ1v) is 7.78. The van der Waals surface area contributed by atoms with Gasteiger partial charge >= 0.3 is 0 Å². The Hall–Kier alpha value is -2.85. The highest BCUT2D eigenvalue weighted by Crippen LogP contribution is 2.17. The average Bonchev–Trinajstić information content (AvgIpc) is 2.62. The molecular formula is C19H15ClN2O2. The van der Waals surface area contributed by atoms with Gasteiger partial charge in [-0.25, -0.2) is 4.98 Å². The largest absolute Gasteiger partial charge is 0.489 e. The molecule has 0 aliphatic heterocycles. The molecule has 1 amide bonds. The Bertz CT molecular complexity index is 820. The molecule has 3 aromatic rings. The van der Waals surface area contributed by atoms with Crippen LogP contribution in [-0.2, 0) is 6.61 Å². The molecule has 5 heteroatoms. The Morgan fingerprint density at radius 3 is 2.62 bits per heavy atom. The van der Waals surface area contributed by atoms with E-state index in [1.54, 1.807) is 54.7 Å². The smallest absolute Gasteiger partial charge is 0.256 e. The number of halogens is 1. The molecular weight excluding hydrogens is 324 g/mol. The van der Waals surface area contributed by atoms with E-state index in [0.717, 1.165) is 11.3 Å². The van der Waals surface area contributed by atoms with Crippen molar-refractivity contribution in [3.63, 3.8) is 0 Å². The molecule has 2 aromatic carbocycles. The van der Waals surface area contributed by atoms with Crippen LogP contribution in [0, 0.1) is 0 Å². The second-order valence-electron chi connectivity index (χ2n) is 5.11. The second kappa shape index (κ2) is 7.62. The van der Waals surface area contributed by atoms with E-state index >= 15 is 0 Å². The SMILES string of the molecule is O=C(Nc1ccccn1)c1cccc(COc2ccc(Cl)cc2)c1. The third-order valence-electron chi connectivity index (χ3n) is 3.31. The molecule has 0 fully saturated rings. The predicted octanol–water partition coefficient (Wildman–Crippen LogP) is 4.57. The van der Waals surface area contributed by atoms with Crippen molar-refractivity contribution in [1.29, 1.82) is 0 Å². The van der Waals surface area contributed by atoms with Crippen LogP contribution in [0.4, 0.5) is 5.82 Å². The number of pyridine rings is 1. The van der Waals surface area contributed by atoms with Crippen molar-refractivity contribution >= 4 is 23.3 Å². The first kappa shape index (κ1) is 16.0. The highest BCUT2D eigenvalue weighted by atomic mass is 35.5. The number of nitrogens with zero attached hydrogens (tertiary/aromatic N) is 1. The average molecular weight is 339 g/mol. The molecule has 4 nitrogen and oxygen atoms in total. The quantitative estimate of drug-likeness (QED) is 0.741. The minimum Gasteiger partial charge on any atom is -0.489 e. The normalized spacial score (nSPS) is 10.2. The van der Waals surface area contributed by atoms with Crippen LogP contribution < -0.4 is 10.1 Å². The molecule has 0 bridgehead atoms. The fourth-order valence-corrected chi connectivity index (χ4v) is 2.25. The monoisotopic (exact) mass is 338 g/mol. The maximum Gasteiger partial charge on any atom is 0.256 e. The van der Waals surface area contributed by atoms with Gasteiger partial charge in [0.25, 0.3) is 5.91 Å². The maximum absolute atomic E-state index is 12.3. The second-order valence-corrected chi connectivity index (χ2v) is 5.55. The van der Waals surface area contributed by atoms with Gasteiger partial charge in [0.2, 0.25) is 0 Å². The zero-order valence-corrected chi connectivity index (χ0v) is 13.5. The third-order valence-corrected chi connectivity index (χ3v) is 3.57. The van der Waals surface area contributed by atoms with Gasteiger partial charge in [0.05, 0.1) is 0 Å². The summed E-state index contributed by atoms with van der Waals surface area (Å²) in [5.41, 5.74) is 1.46. The molecule has 0 saturated carbocycles. The molecule has 120 valence electrons. The summed E-state index contributed by atoms with van der Waals surface area (Å²) in [5.74, 6) is 1.04. The number of hydrogen-bond donors (Lipinski definition) is 1. The summed E-state index contributed by atoms with van der Waals surface area (Å²) in [6.07, 6.45) is 1.63. The minimum absolute atomic E-state index is 0.206. The van der Waals surface area contributed by atoms with Gasteiger partial charge in [-0.1, -0.05) is 29.8 Å². The number of carbonyl (C=O) groups is 1. The third kappa shape index (κ3) is 4.33. The molecule has 3 rings (SSSR count). The van der Waals surface area contributed by atoms with E-state index in [4.69, 9.17) is 16.3 Å². The number of aromatic nitrogens is 1. The van der Waals surface area contributed by atoms with Crippen molar-refractivity contribution in [2.24, 2.45) is 0 Å². The lowest BCUT2D eigenvalue weighted by atomic mass is 10.1. The summed E-state index contributed by atoms with van der Waals surface area (Å²) in [4.78, 5) is 16.4. The summed E-state index contributed by atoms with van der Waals surface area (Å²) in [6.45, 7) is 0.367. The van der Waals surface area contributed by atoms with Crippen LogP contribution in [-0.4, -0.2) is 10.9 Å². The Morgan fingerprint density at radius 1 is 1.04 bits per heavy atom. The van der Waals surface area contributed by atoms with Gasteiger partial charge < -0.3 is 10.1 Å². The van der Waals surface area contributed by atoms with Crippen LogP contribution in [0.1, 0.15) is 15.9 Å². The molecule has 0 aliphatic carbocycles. The standard InChI is InChI=1S/C19H15ClN2O2/c20-16-7-9-17(10-8-16)24-13-14-4-3-5-15(12-14)19(23)22-18-6-1-2-11-21-18/h1-12H,13H2,(H,21,22,23). The number of anilines is 1. The Balaban J connectivity index is 1.65. The van der Waals surface area contributed by atoms with E-state index in [-0.39, 0.29) is 5.91 Å². The van der Waals surface area contributed by atoms with E-state index in [1.807, 2.05) is 18.2 Å². The minimum atomic E-state index is -0.206. The lowest BCUT2D eigenvalue weighted by Gasteiger charge is -2.08. The summed E-state index contributed by atoms with van der Waals surface area (Å²) < 4.78 is 5.70. The molecule has 1 N–H and O–H groups in total. The van der Waals surface area contributed by atoms with E-state index in [2.05, 4.69) is 10.3 Å². The molecule has 0 radical (unpaired) electrons. The van der Waals surface area contributed by atoms with E-state index in [9.17, 15) is 4.79 Å². The van der Waals surface area contributed by atoms with Crippen LogP contribution in [0.5, 0.6) is 5.75 Å². The molecule has 0 unspecified atom stereocenters. The van der Waals surface area contributed by atoms with E-state index in [0.29, 0.717) is 23.0 Å². The number of rotatable bonds is 5. The van der Waals surface area contributed by atoms with Crippen molar-refractivity contribution in [3.05, 3.63) is 89.1 Å². The lowest BCUT2D eigenvalue weighted by Crippen LogP contribution is -2.13. The van der Waals surface area contributed by atoms with Gasteiger partial charge in [0, 0.05) is 16.8 Å². The fraction of sp³-hybridized carbons (Fsp3) is 0.0526. The zero-order valence-electron chi connectivity index (χ0n) is 12.8. The topological polar surface area (TPSA) is 51.2 Å². The number of amides is 1. The molecule has 0 saturated heterocycles. The molecule has 0 spiro atoms. The van der Waals surface area contributed by atoms with Gasteiger partial charge in [-0.2, -0.15) is 0 Å². The van der Waals surface area contributed by atoms with Gasteiger partial charge in [-0.15, -0.1) is 0 Å². The Kier molecular flexibility index (Phi) is 5.08. The van der Waals surface area contributed by atoms with E-state index < -0.39 is 0 Å². The number of ether oxygens (including phenoxy) is 1. The van der Waals surface area contributed by atoms with Crippen LogP contribution in [0.25, 0.3) is 0 Å². The maximum atomic E-state index is 12.3. The van der Waals surface area contributed by atoms with Crippen LogP contribution >= 0.6 is 11.6 Å². The Labute approximate surface area is 145 Å². The van der Waals surface area contributed by atoms with Crippen LogP contribution in [0.3, 0.4) is 0 Å². The number of hydrogen-bond acceptors (Lipinski definition) is 3. The first-order valence-electron chi connectivity index (χ1n) is 7.40. The fourth-order valence-electron chi connectivity index (χ4n) is 2.13. The molecule has 24 heavy (non-hydrogen) atoms.